The Bertz CT molecular complexity index is 911. The number of Topliss-reactive ketones (excluding diaryl/α,β-unsaturated/α-hetero) is 1. The predicted molar refractivity (Wildman–Crippen MR) is 97.8 cm³/mol. The third-order valence-electron chi connectivity index (χ3n) is 3.72. The second kappa shape index (κ2) is 7.40. The van der Waals surface area contributed by atoms with Crippen LogP contribution in [0.25, 0.3) is 6.08 Å². The third kappa shape index (κ3) is 3.55. The number of anilines is 1. The minimum absolute atomic E-state index is 0.182. The first-order valence-electron chi connectivity index (χ1n) is 7.69. The summed E-state index contributed by atoms with van der Waals surface area (Å²) in [7, 11) is 1.47. The van der Waals surface area contributed by atoms with Crippen LogP contribution in [0.15, 0.2) is 71.5 Å². The summed E-state index contributed by atoms with van der Waals surface area (Å²) in [5.41, 5.74) is 2.68. The van der Waals surface area contributed by atoms with Crippen LogP contribution in [0.2, 0.25) is 0 Å². The highest BCUT2D eigenvalue weighted by Crippen LogP contribution is 2.24. The molecule has 0 amide bonds. The van der Waals surface area contributed by atoms with Crippen LogP contribution in [0.1, 0.15) is 26.3 Å². The minimum Gasteiger partial charge on any atom is -0.399 e. The number of fused-ring (bicyclic) bond motifs is 1. The lowest BCUT2D eigenvalue weighted by Crippen LogP contribution is -2.21. The number of para-hydroxylation sites is 1. The van der Waals surface area contributed by atoms with Crippen molar-refractivity contribution in [3.63, 3.8) is 0 Å². The summed E-state index contributed by atoms with van der Waals surface area (Å²) in [6, 6.07) is 14.3. The first-order chi connectivity index (χ1) is 12.2. The molecule has 5 nitrogen and oxygen atoms in total. The molecule has 0 unspecified atom stereocenters. The van der Waals surface area contributed by atoms with Crippen molar-refractivity contribution < 1.29 is 14.4 Å². The van der Waals surface area contributed by atoms with Gasteiger partial charge in [0.15, 0.2) is 5.78 Å². The van der Waals surface area contributed by atoms with Crippen LogP contribution in [-0.2, 0) is 4.84 Å². The number of hydrogen-bond acceptors (Lipinski definition) is 5. The molecule has 1 aliphatic carbocycles. The van der Waals surface area contributed by atoms with Crippen LogP contribution in [0, 0.1) is 0 Å². The Morgan fingerprint density at radius 2 is 1.72 bits per heavy atom. The topological polar surface area (TPSA) is 67.8 Å². The molecule has 0 saturated heterocycles. The maximum Gasteiger partial charge on any atom is 0.210 e. The molecular weight excluding hydrogens is 316 g/mol. The lowest BCUT2D eigenvalue weighted by Gasteiger charge is -2.17. The second-order valence-corrected chi connectivity index (χ2v) is 5.31. The van der Waals surface area contributed by atoms with Gasteiger partial charge in [-0.15, -0.1) is 0 Å². The van der Waals surface area contributed by atoms with E-state index in [2.05, 4.69) is 15.3 Å². The van der Waals surface area contributed by atoms with Crippen LogP contribution in [0.3, 0.4) is 0 Å². The summed E-state index contributed by atoms with van der Waals surface area (Å²) in [5.74, 6) is -0.382. The van der Waals surface area contributed by atoms with E-state index in [-0.39, 0.29) is 17.3 Å². The fourth-order valence-electron chi connectivity index (χ4n) is 2.55. The monoisotopic (exact) mass is 332 g/mol. The highest BCUT2D eigenvalue weighted by Gasteiger charge is 2.25. The summed E-state index contributed by atoms with van der Waals surface area (Å²) in [6.07, 6.45) is 6.41. The van der Waals surface area contributed by atoms with Crippen molar-refractivity contribution in [3.05, 3.63) is 83.1 Å². The standard InChI is InChI=1S/C20H16N2O3/c1-25-21-12-6-8-14-7-2-5-11-17(14)22-18-13-19(23)15-9-3-4-10-16(15)20(18)24/h2-13,22H,1H3/b8-6+,21-12+. The van der Waals surface area contributed by atoms with E-state index in [0.29, 0.717) is 11.1 Å². The lowest BCUT2D eigenvalue weighted by atomic mass is 9.92. The molecule has 0 bridgehead atoms. The van der Waals surface area contributed by atoms with E-state index in [1.807, 2.05) is 30.3 Å². The molecule has 0 atom stereocenters. The molecule has 5 heteroatoms. The molecule has 0 saturated carbocycles. The van der Waals surface area contributed by atoms with Gasteiger partial charge in [0.25, 0.3) is 0 Å². The van der Waals surface area contributed by atoms with E-state index in [0.717, 1.165) is 11.3 Å². The number of nitrogens with zero attached hydrogens (tertiary/aromatic N) is 1. The van der Waals surface area contributed by atoms with E-state index in [4.69, 9.17) is 0 Å². The summed E-state index contributed by atoms with van der Waals surface area (Å²) >= 11 is 0. The molecule has 2 aromatic rings. The number of ketones is 2. The highest BCUT2D eigenvalue weighted by molar-refractivity contribution is 6.25. The molecule has 1 aliphatic rings. The molecule has 0 spiro atoms. The number of benzene rings is 2. The predicted octanol–water partition coefficient (Wildman–Crippen LogP) is 3.71. The highest BCUT2D eigenvalue weighted by atomic mass is 16.6. The van der Waals surface area contributed by atoms with Gasteiger partial charge in [0.1, 0.15) is 7.11 Å². The lowest BCUT2D eigenvalue weighted by molar-refractivity contribution is 0.0985. The van der Waals surface area contributed by atoms with Crippen LogP contribution in [0.4, 0.5) is 5.69 Å². The van der Waals surface area contributed by atoms with Gasteiger partial charge in [-0.05, 0) is 17.7 Å². The number of allylic oxidation sites excluding steroid dienone is 3. The van der Waals surface area contributed by atoms with Crippen molar-refractivity contribution in [2.45, 2.75) is 0 Å². The average Bonchev–Trinajstić information content (AvgIpc) is 2.64. The Morgan fingerprint density at radius 1 is 1.00 bits per heavy atom. The van der Waals surface area contributed by atoms with E-state index in [1.165, 1.54) is 19.4 Å². The molecule has 0 radical (unpaired) electrons. The third-order valence-corrected chi connectivity index (χ3v) is 3.72. The molecule has 0 heterocycles. The van der Waals surface area contributed by atoms with Gasteiger partial charge in [-0.1, -0.05) is 53.7 Å². The Labute approximate surface area is 145 Å². The number of nitrogens with one attached hydrogen (secondary N) is 1. The van der Waals surface area contributed by atoms with E-state index < -0.39 is 0 Å². The molecule has 0 fully saturated rings. The van der Waals surface area contributed by atoms with E-state index >= 15 is 0 Å². The van der Waals surface area contributed by atoms with Crippen molar-refractivity contribution in [3.8, 4) is 0 Å². The zero-order chi connectivity index (χ0) is 17.6. The van der Waals surface area contributed by atoms with Crippen molar-refractivity contribution in [2.24, 2.45) is 5.16 Å². The van der Waals surface area contributed by atoms with Crippen LogP contribution in [0.5, 0.6) is 0 Å². The van der Waals surface area contributed by atoms with Gasteiger partial charge in [0.2, 0.25) is 5.78 Å². The summed E-state index contributed by atoms with van der Waals surface area (Å²) < 4.78 is 0. The van der Waals surface area contributed by atoms with Crippen molar-refractivity contribution >= 4 is 29.5 Å². The molecule has 0 aliphatic heterocycles. The average molecular weight is 332 g/mol. The number of carbonyl (C=O) groups excluding carboxylic acids is 2. The molecule has 25 heavy (non-hydrogen) atoms. The number of hydrogen-bond donors (Lipinski definition) is 1. The van der Waals surface area contributed by atoms with Crippen molar-refractivity contribution in [2.75, 3.05) is 12.4 Å². The van der Waals surface area contributed by atoms with Gasteiger partial charge in [-0.25, -0.2) is 0 Å². The first-order valence-corrected chi connectivity index (χ1v) is 7.69. The van der Waals surface area contributed by atoms with E-state index in [9.17, 15) is 9.59 Å². The maximum atomic E-state index is 12.6. The molecule has 124 valence electrons. The SMILES string of the molecule is CO/N=C/C=C/c1ccccc1NC1=CC(=O)c2ccccc2C1=O. The molecule has 3 rings (SSSR count). The molecular formula is C20H16N2O3. The second-order valence-electron chi connectivity index (χ2n) is 5.31. The fourth-order valence-corrected chi connectivity index (χ4v) is 2.55. The fraction of sp³-hybridized carbons (Fsp3) is 0.0500. The zero-order valence-corrected chi connectivity index (χ0v) is 13.6. The molecule has 1 N–H and O–H groups in total. The molecule has 2 aromatic carbocycles. The van der Waals surface area contributed by atoms with E-state index in [1.54, 1.807) is 30.3 Å². The minimum atomic E-state index is -0.199. The number of oxime groups is 1. The van der Waals surface area contributed by atoms with Gasteiger partial charge in [-0.2, -0.15) is 0 Å². The maximum absolute atomic E-state index is 12.6. The largest absolute Gasteiger partial charge is 0.399 e. The number of rotatable bonds is 5. The van der Waals surface area contributed by atoms with Gasteiger partial charge in [-0.3, -0.25) is 9.59 Å². The van der Waals surface area contributed by atoms with Crippen LogP contribution in [-0.4, -0.2) is 24.9 Å². The Hall–Kier alpha value is -3.47. The molecule has 0 aromatic heterocycles. The van der Waals surface area contributed by atoms with Gasteiger partial charge in [0.05, 0.1) is 11.9 Å². The quantitative estimate of drug-likeness (QED) is 0.669. The summed E-state index contributed by atoms with van der Waals surface area (Å²) in [6.45, 7) is 0. The number of carbonyl (C=O) groups is 2. The Morgan fingerprint density at radius 3 is 2.52 bits per heavy atom. The van der Waals surface area contributed by atoms with Gasteiger partial charge in [0, 0.05) is 22.9 Å². The van der Waals surface area contributed by atoms with Crippen LogP contribution < -0.4 is 5.32 Å². The van der Waals surface area contributed by atoms with Crippen molar-refractivity contribution in [1.29, 1.82) is 0 Å². The normalized spacial score (nSPS) is 13.9. The summed E-state index contributed by atoms with van der Waals surface area (Å²) in [5, 5.41) is 6.71. The zero-order valence-electron chi connectivity index (χ0n) is 13.6. The first kappa shape index (κ1) is 16.4. The Kier molecular flexibility index (Phi) is 4.85. The van der Waals surface area contributed by atoms with Gasteiger partial charge < -0.3 is 10.2 Å². The van der Waals surface area contributed by atoms with Crippen LogP contribution >= 0.6 is 0 Å². The Balaban J connectivity index is 1.89. The summed E-state index contributed by atoms with van der Waals surface area (Å²) in [4.78, 5) is 29.5. The van der Waals surface area contributed by atoms with Crippen molar-refractivity contribution in [1.82, 2.24) is 0 Å². The smallest absolute Gasteiger partial charge is 0.210 e. The van der Waals surface area contributed by atoms with Gasteiger partial charge >= 0.3 is 0 Å².